The van der Waals surface area contributed by atoms with Gasteiger partial charge in [-0.15, -0.1) is 0 Å². The first kappa shape index (κ1) is 15.0. The lowest BCUT2D eigenvalue weighted by atomic mass is 10.1. The van der Waals surface area contributed by atoms with Crippen LogP contribution in [0.3, 0.4) is 0 Å². The van der Waals surface area contributed by atoms with Crippen molar-refractivity contribution >= 4 is 22.8 Å². The Morgan fingerprint density at radius 2 is 2.10 bits per heavy atom. The summed E-state index contributed by atoms with van der Waals surface area (Å²) in [7, 11) is 3.09. The number of rotatable bonds is 5. The summed E-state index contributed by atoms with van der Waals surface area (Å²) >= 11 is 0. The van der Waals surface area contributed by atoms with Crippen LogP contribution in [0, 0.1) is 0 Å². The fourth-order valence-electron chi connectivity index (χ4n) is 2.09. The number of amides is 1. The van der Waals surface area contributed by atoms with Crippen LogP contribution in [0.4, 0.5) is 0 Å². The van der Waals surface area contributed by atoms with E-state index >= 15 is 0 Å². The third kappa shape index (κ3) is 3.78. The van der Waals surface area contributed by atoms with E-state index in [1.165, 1.54) is 7.11 Å². The molecule has 1 aromatic heterocycles. The molecular weight excluding hydrogens is 268 g/mol. The molecule has 0 radical (unpaired) electrons. The standard InChI is InChI=1S/C16H18N2O3/c1-18(10-4-6-15(19)21-2)16(20)13-7-8-14-12(11-13)5-3-9-17-14/h3,5,7-9,11H,4,6,10H2,1-2H3. The number of hydrogen-bond acceptors (Lipinski definition) is 4. The zero-order chi connectivity index (χ0) is 15.2. The molecule has 5 heteroatoms. The van der Waals surface area contributed by atoms with E-state index in [-0.39, 0.29) is 11.9 Å². The maximum Gasteiger partial charge on any atom is 0.305 e. The number of methoxy groups -OCH3 is 1. The number of benzene rings is 1. The van der Waals surface area contributed by atoms with Crippen LogP contribution in [0.15, 0.2) is 36.5 Å². The first-order valence-electron chi connectivity index (χ1n) is 6.79. The highest BCUT2D eigenvalue weighted by Crippen LogP contribution is 2.14. The number of fused-ring (bicyclic) bond motifs is 1. The summed E-state index contributed by atoms with van der Waals surface area (Å²) in [6.45, 7) is 0.513. The second-order valence-corrected chi connectivity index (χ2v) is 4.82. The first-order valence-corrected chi connectivity index (χ1v) is 6.79. The zero-order valence-corrected chi connectivity index (χ0v) is 12.2. The van der Waals surface area contributed by atoms with E-state index in [4.69, 9.17) is 0 Å². The van der Waals surface area contributed by atoms with Crippen molar-refractivity contribution in [1.29, 1.82) is 0 Å². The van der Waals surface area contributed by atoms with Gasteiger partial charge in [-0.25, -0.2) is 0 Å². The van der Waals surface area contributed by atoms with Crippen molar-refractivity contribution in [3.8, 4) is 0 Å². The molecule has 0 atom stereocenters. The Morgan fingerprint density at radius 1 is 1.29 bits per heavy atom. The topological polar surface area (TPSA) is 59.5 Å². The summed E-state index contributed by atoms with van der Waals surface area (Å²) in [5.41, 5.74) is 1.48. The van der Waals surface area contributed by atoms with Crippen LogP contribution in [-0.2, 0) is 9.53 Å². The van der Waals surface area contributed by atoms with Crippen LogP contribution in [-0.4, -0.2) is 42.5 Å². The highest BCUT2D eigenvalue weighted by molar-refractivity contribution is 5.97. The summed E-state index contributed by atoms with van der Waals surface area (Å²) in [5.74, 6) is -0.321. The van der Waals surface area contributed by atoms with Gasteiger partial charge >= 0.3 is 5.97 Å². The van der Waals surface area contributed by atoms with E-state index in [9.17, 15) is 9.59 Å². The smallest absolute Gasteiger partial charge is 0.305 e. The molecule has 0 fully saturated rings. The number of hydrogen-bond donors (Lipinski definition) is 0. The molecule has 0 aliphatic rings. The predicted octanol–water partition coefficient (Wildman–Crippen LogP) is 2.26. The van der Waals surface area contributed by atoms with Crippen LogP contribution < -0.4 is 0 Å². The quantitative estimate of drug-likeness (QED) is 0.791. The van der Waals surface area contributed by atoms with Crippen molar-refractivity contribution in [3.63, 3.8) is 0 Å². The Kier molecular flexibility index (Phi) is 4.87. The van der Waals surface area contributed by atoms with Crippen LogP contribution in [0.5, 0.6) is 0 Å². The SMILES string of the molecule is COC(=O)CCCN(C)C(=O)c1ccc2ncccc2c1. The number of aromatic nitrogens is 1. The maximum atomic E-state index is 12.3. The first-order chi connectivity index (χ1) is 10.1. The van der Waals surface area contributed by atoms with Gasteiger partial charge in [0.25, 0.3) is 5.91 Å². The summed E-state index contributed by atoms with van der Waals surface area (Å²) in [5, 5.41) is 0.936. The Labute approximate surface area is 123 Å². The molecule has 2 rings (SSSR count). The Morgan fingerprint density at radius 3 is 2.86 bits per heavy atom. The predicted molar refractivity (Wildman–Crippen MR) is 80.0 cm³/mol. The van der Waals surface area contributed by atoms with Crippen LogP contribution >= 0.6 is 0 Å². The fourth-order valence-corrected chi connectivity index (χ4v) is 2.09. The minimum atomic E-state index is -0.257. The molecule has 0 bridgehead atoms. The molecule has 0 aliphatic carbocycles. The molecule has 0 saturated carbocycles. The van der Waals surface area contributed by atoms with Gasteiger partial charge in [0, 0.05) is 37.2 Å². The highest BCUT2D eigenvalue weighted by atomic mass is 16.5. The summed E-state index contributed by atoms with van der Waals surface area (Å²) in [6.07, 6.45) is 2.63. The molecule has 110 valence electrons. The largest absolute Gasteiger partial charge is 0.469 e. The Hall–Kier alpha value is -2.43. The third-order valence-electron chi connectivity index (χ3n) is 3.30. The lowest BCUT2D eigenvalue weighted by molar-refractivity contribution is -0.140. The normalized spacial score (nSPS) is 10.4. The summed E-state index contributed by atoms with van der Waals surface area (Å²) in [6, 6.07) is 9.22. The zero-order valence-electron chi connectivity index (χ0n) is 12.2. The van der Waals surface area contributed by atoms with E-state index in [0.29, 0.717) is 24.9 Å². The van der Waals surface area contributed by atoms with Gasteiger partial charge in [0.05, 0.1) is 12.6 Å². The Bertz CT molecular complexity index is 655. The van der Waals surface area contributed by atoms with Gasteiger partial charge in [-0.3, -0.25) is 14.6 Å². The van der Waals surface area contributed by atoms with E-state index < -0.39 is 0 Å². The molecule has 0 spiro atoms. The molecule has 1 heterocycles. The molecule has 1 aromatic carbocycles. The van der Waals surface area contributed by atoms with Gasteiger partial charge < -0.3 is 9.64 Å². The average molecular weight is 286 g/mol. The van der Waals surface area contributed by atoms with E-state index in [1.807, 2.05) is 24.3 Å². The second-order valence-electron chi connectivity index (χ2n) is 4.82. The van der Waals surface area contributed by atoms with Gasteiger partial charge in [-0.1, -0.05) is 6.07 Å². The third-order valence-corrected chi connectivity index (χ3v) is 3.30. The van der Waals surface area contributed by atoms with Crippen molar-refractivity contribution < 1.29 is 14.3 Å². The minimum Gasteiger partial charge on any atom is -0.469 e. The van der Waals surface area contributed by atoms with Crippen LogP contribution in [0.2, 0.25) is 0 Å². The van der Waals surface area contributed by atoms with Gasteiger partial charge in [-0.05, 0) is 30.7 Å². The van der Waals surface area contributed by atoms with Crippen molar-refractivity contribution in [1.82, 2.24) is 9.88 Å². The van der Waals surface area contributed by atoms with E-state index in [1.54, 1.807) is 24.2 Å². The lowest BCUT2D eigenvalue weighted by Gasteiger charge is -2.17. The van der Waals surface area contributed by atoms with Crippen molar-refractivity contribution in [2.45, 2.75) is 12.8 Å². The molecule has 1 amide bonds. The van der Waals surface area contributed by atoms with Gasteiger partial charge in [0.2, 0.25) is 0 Å². The van der Waals surface area contributed by atoms with Gasteiger partial charge in [-0.2, -0.15) is 0 Å². The fraction of sp³-hybridized carbons (Fsp3) is 0.312. The Balaban J connectivity index is 2.01. The molecule has 0 N–H and O–H groups in total. The molecule has 21 heavy (non-hydrogen) atoms. The summed E-state index contributed by atoms with van der Waals surface area (Å²) < 4.78 is 4.58. The minimum absolute atomic E-state index is 0.0642. The van der Waals surface area contributed by atoms with E-state index in [2.05, 4.69) is 9.72 Å². The number of esters is 1. The molecule has 5 nitrogen and oxygen atoms in total. The number of pyridine rings is 1. The van der Waals surface area contributed by atoms with Gasteiger partial charge in [0.1, 0.15) is 0 Å². The van der Waals surface area contributed by atoms with Crippen molar-refractivity contribution in [2.24, 2.45) is 0 Å². The number of ether oxygens (including phenoxy) is 1. The van der Waals surface area contributed by atoms with Crippen molar-refractivity contribution in [2.75, 3.05) is 20.7 Å². The van der Waals surface area contributed by atoms with Crippen LogP contribution in [0.25, 0.3) is 10.9 Å². The molecular formula is C16H18N2O3. The lowest BCUT2D eigenvalue weighted by Crippen LogP contribution is -2.28. The summed E-state index contributed by atoms with van der Waals surface area (Å²) in [4.78, 5) is 29.2. The molecule has 2 aromatic rings. The average Bonchev–Trinajstić information content (AvgIpc) is 2.53. The second kappa shape index (κ2) is 6.83. The molecule has 0 aliphatic heterocycles. The van der Waals surface area contributed by atoms with Crippen molar-refractivity contribution in [3.05, 3.63) is 42.1 Å². The van der Waals surface area contributed by atoms with Gasteiger partial charge in [0.15, 0.2) is 0 Å². The highest BCUT2D eigenvalue weighted by Gasteiger charge is 2.12. The van der Waals surface area contributed by atoms with E-state index in [0.717, 1.165) is 10.9 Å². The molecule has 0 saturated heterocycles. The number of nitrogens with zero attached hydrogens (tertiary/aromatic N) is 2. The number of carbonyl (C=O) groups is 2. The maximum absolute atomic E-state index is 12.3. The number of carbonyl (C=O) groups excluding carboxylic acids is 2. The van der Waals surface area contributed by atoms with Crippen LogP contribution in [0.1, 0.15) is 23.2 Å². The molecule has 0 unspecified atom stereocenters. The monoisotopic (exact) mass is 286 g/mol.